The third kappa shape index (κ3) is 3.43. The molecule has 6 heteroatoms. The van der Waals surface area contributed by atoms with Gasteiger partial charge in [0.2, 0.25) is 0 Å². The number of ether oxygens (including phenoxy) is 1. The molecule has 18 heavy (non-hydrogen) atoms. The molecular formula is C12H21N3O3. The summed E-state index contributed by atoms with van der Waals surface area (Å²) >= 11 is 0. The van der Waals surface area contributed by atoms with Gasteiger partial charge in [-0.2, -0.15) is 0 Å². The number of nitrogens with one attached hydrogen (secondary N) is 1. The molecule has 0 spiro atoms. The van der Waals surface area contributed by atoms with Crippen LogP contribution in [-0.2, 0) is 14.3 Å². The van der Waals surface area contributed by atoms with Crippen molar-refractivity contribution in [3.63, 3.8) is 0 Å². The highest BCUT2D eigenvalue weighted by molar-refractivity contribution is 6.34. The van der Waals surface area contributed by atoms with Gasteiger partial charge in [-0.3, -0.25) is 9.59 Å². The molecule has 0 aliphatic carbocycles. The van der Waals surface area contributed by atoms with Crippen LogP contribution in [0.25, 0.3) is 0 Å². The minimum Gasteiger partial charge on any atom is -0.380 e. The first-order chi connectivity index (χ1) is 8.79. The van der Waals surface area contributed by atoms with Gasteiger partial charge >= 0.3 is 11.8 Å². The van der Waals surface area contributed by atoms with Gasteiger partial charge in [0, 0.05) is 39.3 Å². The van der Waals surface area contributed by atoms with Crippen molar-refractivity contribution in [3.05, 3.63) is 0 Å². The van der Waals surface area contributed by atoms with Crippen molar-refractivity contribution in [2.24, 2.45) is 0 Å². The van der Waals surface area contributed by atoms with E-state index in [2.05, 4.69) is 5.32 Å². The van der Waals surface area contributed by atoms with E-state index < -0.39 is 0 Å². The van der Waals surface area contributed by atoms with E-state index in [1.54, 1.807) is 9.80 Å². The van der Waals surface area contributed by atoms with Crippen LogP contribution in [0.1, 0.15) is 12.8 Å². The standard InChI is InChI=1S/C12H21N3O3/c16-11(14-5-1-3-13-4-7-14)12(17)15-6-2-9-18-10-8-15/h13H,1-10H2. The second kappa shape index (κ2) is 6.70. The zero-order chi connectivity index (χ0) is 12.8. The molecule has 2 amide bonds. The summed E-state index contributed by atoms with van der Waals surface area (Å²) < 4.78 is 5.29. The minimum atomic E-state index is -0.373. The highest BCUT2D eigenvalue weighted by atomic mass is 16.5. The average Bonchev–Trinajstić information content (AvgIpc) is 2.81. The van der Waals surface area contributed by atoms with Gasteiger partial charge < -0.3 is 19.9 Å². The average molecular weight is 255 g/mol. The summed E-state index contributed by atoms with van der Waals surface area (Å²) in [5.41, 5.74) is 0. The molecule has 0 aromatic carbocycles. The Balaban J connectivity index is 1.91. The number of carbonyl (C=O) groups excluding carboxylic acids is 2. The first-order valence-electron chi connectivity index (χ1n) is 6.65. The number of carbonyl (C=O) groups is 2. The van der Waals surface area contributed by atoms with Crippen molar-refractivity contribution in [3.8, 4) is 0 Å². The Morgan fingerprint density at radius 2 is 1.56 bits per heavy atom. The molecule has 102 valence electrons. The number of hydrogen-bond donors (Lipinski definition) is 1. The Morgan fingerprint density at radius 3 is 2.39 bits per heavy atom. The van der Waals surface area contributed by atoms with Gasteiger partial charge in [0.15, 0.2) is 0 Å². The van der Waals surface area contributed by atoms with E-state index in [0.717, 1.165) is 25.9 Å². The topological polar surface area (TPSA) is 61.9 Å². The van der Waals surface area contributed by atoms with Crippen LogP contribution >= 0.6 is 0 Å². The molecule has 0 bridgehead atoms. The summed E-state index contributed by atoms with van der Waals surface area (Å²) in [5.74, 6) is -0.733. The highest BCUT2D eigenvalue weighted by Gasteiger charge is 2.27. The number of amides is 2. The molecule has 2 aliphatic rings. The lowest BCUT2D eigenvalue weighted by molar-refractivity contribution is -0.151. The Bertz CT molecular complexity index is 263. The maximum absolute atomic E-state index is 12.1. The molecule has 0 aromatic heterocycles. The summed E-state index contributed by atoms with van der Waals surface area (Å²) in [7, 11) is 0. The van der Waals surface area contributed by atoms with Crippen molar-refractivity contribution in [1.82, 2.24) is 15.1 Å². The zero-order valence-electron chi connectivity index (χ0n) is 10.7. The van der Waals surface area contributed by atoms with E-state index in [0.29, 0.717) is 39.4 Å². The fourth-order valence-corrected chi connectivity index (χ4v) is 2.27. The monoisotopic (exact) mass is 255 g/mol. The number of rotatable bonds is 0. The van der Waals surface area contributed by atoms with Crippen LogP contribution in [0.4, 0.5) is 0 Å². The predicted molar refractivity (Wildman–Crippen MR) is 66.1 cm³/mol. The predicted octanol–water partition coefficient (Wildman–Crippen LogP) is -0.943. The van der Waals surface area contributed by atoms with Crippen LogP contribution in [0.3, 0.4) is 0 Å². The Kier molecular flexibility index (Phi) is 4.95. The van der Waals surface area contributed by atoms with E-state index >= 15 is 0 Å². The molecule has 2 rings (SSSR count). The van der Waals surface area contributed by atoms with Gasteiger partial charge in [-0.05, 0) is 19.4 Å². The van der Waals surface area contributed by atoms with Crippen LogP contribution in [0, 0.1) is 0 Å². The molecule has 1 N–H and O–H groups in total. The summed E-state index contributed by atoms with van der Waals surface area (Å²) in [5, 5.41) is 3.22. The Labute approximate surface area is 107 Å². The van der Waals surface area contributed by atoms with Crippen molar-refractivity contribution in [1.29, 1.82) is 0 Å². The summed E-state index contributed by atoms with van der Waals surface area (Å²) in [4.78, 5) is 27.5. The lowest BCUT2D eigenvalue weighted by Gasteiger charge is -2.24. The SMILES string of the molecule is O=C(C(=O)N1CCCOCC1)N1CCCNCC1. The second-order valence-electron chi connectivity index (χ2n) is 4.65. The van der Waals surface area contributed by atoms with E-state index in [-0.39, 0.29) is 11.8 Å². The lowest BCUT2D eigenvalue weighted by Crippen LogP contribution is -2.47. The van der Waals surface area contributed by atoms with E-state index in [1.165, 1.54) is 0 Å². The van der Waals surface area contributed by atoms with E-state index in [9.17, 15) is 9.59 Å². The summed E-state index contributed by atoms with van der Waals surface area (Å²) in [6.07, 6.45) is 1.71. The molecule has 2 fully saturated rings. The maximum atomic E-state index is 12.1. The smallest absolute Gasteiger partial charge is 0.312 e. The van der Waals surface area contributed by atoms with Crippen LogP contribution in [0.2, 0.25) is 0 Å². The van der Waals surface area contributed by atoms with E-state index in [4.69, 9.17) is 4.74 Å². The zero-order valence-corrected chi connectivity index (χ0v) is 10.7. The molecule has 0 aromatic rings. The van der Waals surface area contributed by atoms with Gasteiger partial charge in [0.05, 0.1) is 6.61 Å². The molecule has 2 heterocycles. The third-order valence-electron chi connectivity index (χ3n) is 3.32. The molecule has 6 nitrogen and oxygen atoms in total. The molecule has 0 unspecified atom stereocenters. The lowest BCUT2D eigenvalue weighted by atomic mass is 10.3. The van der Waals surface area contributed by atoms with Crippen LogP contribution in [0.5, 0.6) is 0 Å². The van der Waals surface area contributed by atoms with Gasteiger partial charge in [-0.15, -0.1) is 0 Å². The van der Waals surface area contributed by atoms with Gasteiger partial charge in [-0.1, -0.05) is 0 Å². The Morgan fingerprint density at radius 1 is 0.833 bits per heavy atom. The first-order valence-corrected chi connectivity index (χ1v) is 6.65. The van der Waals surface area contributed by atoms with Gasteiger partial charge in [0.1, 0.15) is 0 Å². The van der Waals surface area contributed by atoms with Crippen LogP contribution < -0.4 is 5.32 Å². The maximum Gasteiger partial charge on any atom is 0.312 e. The fraction of sp³-hybridized carbons (Fsp3) is 0.833. The summed E-state index contributed by atoms with van der Waals surface area (Å²) in [6.45, 7) is 5.31. The molecule has 2 saturated heterocycles. The number of nitrogens with zero attached hydrogens (tertiary/aromatic N) is 2. The molecule has 0 atom stereocenters. The highest BCUT2D eigenvalue weighted by Crippen LogP contribution is 2.04. The van der Waals surface area contributed by atoms with Gasteiger partial charge in [-0.25, -0.2) is 0 Å². The number of hydrogen-bond acceptors (Lipinski definition) is 4. The fourth-order valence-electron chi connectivity index (χ4n) is 2.27. The van der Waals surface area contributed by atoms with Crippen LogP contribution in [0.15, 0.2) is 0 Å². The van der Waals surface area contributed by atoms with Gasteiger partial charge in [0.25, 0.3) is 0 Å². The second-order valence-corrected chi connectivity index (χ2v) is 4.65. The summed E-state index contributed by atoms with van der Waals surface area (Å²) in [6, 6.07) is 0. The van der Waals surface area contributed by atoms with Crippen molar-refractivity contribution < 1.29 is 14.3 Å². The van der Waals surface area contributed by atoms with Crippen molar-refractivity contribution in [2.45, 2.75) is 12.8 Å². The largest absolute Gasteiger partial charge is 0.380 e. The Hall–Kier alpha value is -1.14. The minimum absolute atomic E-state index is 0.361. The molecule has 0 radical (unpaired) electrons. The molecule has 2 aliphatic heterocycles. The normalized spacial score (nSPS) is 22.2. The van der Waals surface area contributed by atoms with Crippen molar-refractivity contribution >= 4 is 11.8 Å². The van der Waals surface area contributed by atoms with Crippen molar-refractivity contribution in [2.75, 3.05) is 52.5 Å². The van der Waals surface area contributed by atoms with E-state index in [1.807, 2.05) is 0 Å². The first kappa shape index (κ1) is 13.3. The molecule has 0 saturated carbocycles. The quantitative estimate of drug-likeness (QED) is 0.567. The molecular weight excluding hydrogens is 234 g/mol. The third-order valence-corrected chi connectivity index (χ3v) is 3.32. The van der Waals surface area contributed by atoms with Crippen LogP contribution in [-0.4, -0.2) is 74.1 Å².